The summed E-state index contributed by atoms with van der Waals surface area (Å²) in [5.41, 5.74) is 5.65. The number of pyridine rings is 2. The molecule has 1 atom stereocenters. The van der Waals surface area contributed by atoms with E-state index in [4.69, 9.17) is 5.73 Å². The van der Waals surface area contributed by atoms with Gasteiger partial charge in [-0.05, 0) is 18.2 Å². The van der Waals surface area contributed by atoms with Gasteiger partial charge < -0.3 is 15.3 Å². The number of halogens is 3. The molecule has 3 aromatic heterocycles. The number of fused-ring (bicyclic) bond motifs is 1. The highest BCUT2D eigenvalue weighted by molar-refractivity contribution is 6.00. The number of aryl methyl sites for hydroxylation is 1. The number of benzene rings is 1. The molecule has 0 aliphatic carbocycles. The number of amides is 1. The van der Waals surface area contributed by atoms with E-state index in [0.717, 1.165) is 6.07 Å². The van der Waals surface area contributed by atoms with Crippen molar-refractivity contribution in [2.45, 2.75) is 12.3 Å². The smallest absolute Gasteiger partial charge is 0.254 e. The number of carbonyl (C=O) groups excluding carboxylic acids is 1. The summed E-state index contributed by atoms with van der Waals surface area (Å²) in [4.78, 5) is 31.6. The Balaban J connectivity index is 1.86. The third-order valence-electron chi connectivity index (χ3n) is 5.30. The molecule has 0 saturated heterocycles. The zero-order valence-corrected chi connectivity index (χ0v) is 17.3. The Labute approximate surface area is 185 Å². The highest BCUT2D eigenvalue weighted by Crippen LogP contribution is 2.30. The zero-order valence-electron chi connectivity index (χ0n) is 17.3. The van der Waals surface area contributed by atoms with Crippen molar-refractivity contribution in [3.05, 3.63) is 99.0 Å². The molecule has 9 heteroatoms. The fourth-order valence-electron chi connectivity index (χ4n) is 3.67. The molecule has 166 valence electrons. The van der Waals surface area contributed by atoms with Gasteiger partial charge in [0.05, 0.1) is 5.56 Å². The summed E-state index contributed by atoms with van der Waals surface area (Å²) < 4.78 is 43.9. The van der Waals surface area contributed by atoms with E-state index < -0.39 is 34.8 Å². The van der Waals surface area contributed by atoms with Gasteiger partial charge in [0, 0.05) is 66.1 Å². The van der Waals surface area contributed by atoms with Crippen LogP contribution in [0.2, 0.25) is 0 Å². The van der Waals surface area contributed by atoms with Gasteiger partial charge in [-0.2, -0.15) is 0 Å². The Morgan fingerprint density at radius 1 is 1.24 bits per heavy atom. The van der Waals surface area contributed by atoms with E-state index >= 15 is 0 Å². The maximum atomic E-state index is 14.7. The van der Waals surface area contributed by atoms with Crippen molar-refractivity contribution in [1.29, 1.82) is 0 Å². The summed E-state index contributed by atoms with van der Waals surface area (Å²) in [5.74, 6) is 0.271. The van der Waals surface area contributed by atoms with Crippen LogP contribution in [-0.2, 0) is 7.05 Å². The van der Waals surface area contributed by atoms with Gasteiger partial charge in [0.2, 0.25) is 0 Å². The minimum absolute atomic E-state index is 0.0877. The van der Waals surface area contributed by atoms with Crippen LogP contribution >= 0.6 is 0 Å². The van der Waals surface area contributed by atoms with Crippen molar-refractivity contribution in [3.8, 4) is 11.8 Å². The van der Waals surface area contributed by atoms with Crippen LogP contribution in [0.25, 0.3) is 11.0 Å². The fourth-order valence-corrected chi connectivity index (χ4v) is 3.67. The van der Waals surface area contributed by atoms with Crippen molar-refractivity contribution >= 4 is 16.9 Å². The van der Waals surface area contributed by atoms with Gasteiger partial charge >= 0.3 is 0 Å². The first-order valence-electron chi connectivity index (χ1n) is 9.82. The molecule has 3 heterocycles. The highest BCUT2D eigenvalue weighted by atomic mass is 19.2. The zero-order chi connectivity index (χ0) is 23.7. The average molecular weight is 450 g/mol. The SMILES string of the molecule is Cn1cccc(C(CC#Cc2c(C(N)=O)cnc3[nH]ccc23)c2cc(F)cc(F)c2F)c1=O. The number of nitrogens with one attached hydrogen (secondary N) is 1. The summed E-state index contributed by atoms with van der Waals surface area (Å²) in [6, 6.07) is 5.99. The fraction of sp³-hybridized carbons (Fsp3) is 0.125. The number of primary amides is 1. The monoisotopic (exact) mass is 450 g/mol. The van der Waals surface area contributed by atoms with Crippen molar-refractivity contribution in [2.75, 3.05) is 0 Å². The first-order chi connectivity index (χ1) is 15.8. The topological polar surface area (TPSA) is 93.8 Å². The molecule has 0 aliphatic rings. The highest BCUT2D eigenvalue weighted by Gasteiger charge is 2.24. The number of hydrogen-bond donors (Lipinski definition) is 2. The molecule has 0 saturated carbocycles. The van der Waals surface area contributed by atoms with Gasteiger partial charge in [0.15, 0.2) is 11.6 Å². The van der Waals surface area contributed by atoms with Crippen molar-refractivity contribution in [1.82, 2.24) is 14.5 Å². The molecule has 1 unspecified atom stereocenters. The van der Waals surface area contributed by atoms with E-state index in [1.165, 1.54) is 30.1 Å². The van der Waals surface area contributed by atoms with E-state index in [-0.39, 0.29) is 23.1 Å². The number of nitrogens with zero attached hydrogens (tertiary/aromatic N) is 2. The molecule has 1 amide bonds. The lowest BCUT2D eigenvalue weighted by molar-refractivity contribution is 0.1000. The molecule has 6 nitrogen and oxygen atoms in total. The summed E-state index contributed by atoms with van der Waals surface area (Å²) in [6.45, 7) is 0. The van der Waals surface area contributed by atoms with Gasteiger partial charge in [-0.25, -0.2) is 18.2 Å². The molecular weight excluding hydrogens is 433 g/mol. The standard InChI is InChI=1S/C24H17F3N4O2/c1-31-9-3-6-17(24(31)33)15(18-10-13(25)11-20(26)21(18)27)5-2-4-14-16-7-8-29-23(16)30-12-19(14)22(28)32/h3,6-12,15H,5H2,1H3,(H2,28,32)(H,29,30). The molecule has 0 bridgehead atoms. The van der Waals surface area contributed by atoms with Crippen molar-refractivity contribution in [2.24, 2.45) is 12.8 Å². The minimum atomic E-state index is -1.37. The first kappa shape index (κ1) is 21.9. The number of aromatic amines is 1. The van der Waals surface area contributed by atoms with Gasteiger partial charge in [0.25, 0.3) is 11.5 Å². The molecule has 4 rings (SSSR count). The van der Waals surface area contributed by atoms with Crippen LogP contribution in [0, 0.1) is 29.3 Å². The van der Waals surface area contributed by atoms with Gasteiger partial charge in [0.1, 0.15) is 11.5 Å². The second-order valence-corrected chi connectivity index (χ2v) is 7.38. The van der Waals surface area contributed by atoms with Crippen LogP contribution < -0.4 is 11.3 Å². The average Bonchev–Trinajstić information content (AvgIpc) is 3.25. The normalized spacial score (nSPS) is 11.8. The summed E-state index contributed by atoms with van der Waals surface area (Å²) in [7, 11) is 1.51. The number of H-pyrrole nitrogens is 1. The second-order valence-electron chi connectivity index (χ2n) is 7.38. The van der Waals surface area contributed by atoms with E-state index in [9.17, 15) is 22.8 Å². The molecular formula is C24H17F3N4O2. The lowest BCUT2D eigenvalue weighted by Crippen LogP contribution is -2.23. The van der Waals surface area contributed by atoms with Gasteiger partial charge in [-0.1, -0.05) is 17.9 Å². The Morgan fingerprint density at radius 2 is 2.03 bits per heavy atom. The Hall–Kier alpha value is -4.32. The van der Waals surface area contributed by atoms with E-state index in [0.29, 0.717) is 22.7 Å². The maximum absolute atomic E-state index is 14.7. The van der Waals surface area contributed by atoms with E-state index in [1.54, 1.807) is 18.3 Å². The quantitative estimate of drug-likeness (QED) is 0.369. The predicted octanol–water partition coefficient (Wildman–Crippen LogP) is 3.35. The summed E-state index contributed by atoms with van der Waals surface area (Å²) >= 11 is 0. The minimum Gasteiger partial charge on any atom is -0.366 e. The van der Waals surface area contributed by atoms with Gasteiger partial charge in [-0.3, -0.25) is 9.59 Å². The van der Waals surface area contributed by atoms with Crippen LogP contribution in [0.4, 0.5) is 13.2 Å². The molecule has 0 aliphatic heterocycles. The van der Waals surface area contributed by atoms with Crippen LogP contribution in [-0.4, -0.2) is 20.4 Å². The van der Waals surface area contributed by atoms with Crippen LogP contribution in [0.1, 0.15) is 39.4 Å². The predicted molar refractivity (Wildman–Crippen MR) is 116 cm³/mol. The summed E-state index contributed by atoms with van der Waals surface area (Å²) in [6.07, 6.45) is 4.26. The van der Waals surface area contributed by atoms with Crippen LogP contribution in [0.5, 0.6) is 0 Å². The molecule has 0 radical (unpaired) electrons. The largest absolute Gasteiger partial charge is 0.366 e. The van der Waals surface area contributed by atoms with Crippen LogP contribution in [0.15, 0.2) is 53.7 Å². The molecule has 33 heavy (non-hydrogen) atoms. The molecule has 3 N–H and O–H groups in total. The number of rotatable bonds is 4. The number of hydrogen-bond acceptors (Lipinski definition) is 3. The lowest BCUT2D eigenvalue weighted by atomic mass is 9.88. The number of carbonyl (C=O) groups is 1. The number of nitrogens with two attached hydrogens (primary N) is 1. The molecule has 4 aromatic rings. The maximum Gasteiger partial charge on any atom is 0.254 e. The first-order valence-corrected chi connectivity index (χ1v) is 9.82. The Kier molecular flexibility index (Phi) is 5.75. The number of aromatic nitrogens is 3. The van der Waals surface area contributed by atoms with Crippen LogP contribution in [0.3, 0.4) is 0 Å². The molecule has 0 spiro atoms. The third-order valence-corrected chi connectivity index (χ3v) is 5.30. The summed E-state index contributed by atoms with van der Waals surface area (Å²) in [5, 5.41) is 0.550. The van der Waals surface area contributed by atoms with Crippen molar-refractivity contribution < 1.29 is 18.0 Å². The van der Waals surface area contributed by atoms with E-state index in [1.807, 2.05) is 0 Å². The van der Waals surface area contributed by atoms with Crippen molar-refractivity contribution in [3.63, 3.8) is 0 Å². The molecule has 1 aromatic carbocycles. The van der Waals surface area contributed by atoms with Gasteiger partial charge in [-0.15, -0.1) is 0 Å². The lowest BCUT2D eigenvalue weighted by Gasteiger charge is -2.17. The third kappa shape index (κ3) is 4.11. The Bertz CT molecular complexity index is 1510. The molecule has 0 fully saturated rings. The Morgan fingerprint density at radius 3 is 2.79 bits per heavy atom. The van der Waals surface area contributed by atoms with E-state index in [2.05, 4.69) is 21.8 Å². The second kappa shape index (κ2) is 8.67.